The monoisotopic (exact) mass is 376 g/mol. The number of nitriles is 1. The van der Waals surface area contributed by atoms with Crippen molar-refractivity contribution in [3.8, 4) is 17.6 Å². The van der Waals surface area contributed by atoms with Crippen LogP contribution < -0.4 is 10.5 Å². The van der Waals surface area contributed by atoms with Gasteiger partial charge in [-0.05, 0) is 43.7 Å². The summed E-state index contributed by atoms with van der Waals surface area (Å²) in [5.74, 6) is 1.06. The van der Waals surface area contributed by atoms with Crippen molar-refractivity contribution < 1.29 is 4.74 Å². The van der Waals surface area contributed by atoms with Gasteiger partial charge >= 0.3 is 0 Å². The van der Waals surface area contributed by atoms with E-state index in [0.717, 1.165) is 16.8 Å². The van der Waals surface area contributed by atoms with Crippen molar-refractivity contribution in [3.05, 3.63) is 81.6 Å². The summed E-state index contributed by atoms with van der Waals surface area (Å²) >= 11 is 6.04. The van der Waals surface area contributed by atoms with Crippen LogP contribution in [0.25, 0.3) is 5.69 Å². The van der Waals surface area contributed by atoms with Gasteiger partial charge in [-0.25, -0.2) is 0 Å². The molecule has 6 heteroatoms. The molecule has 0 bridgehead atoms. The Morgan fingerprint density at radius 3 is 2.41 bits per heavy atom. The number of hydrogen-bond donors (Lipinski definition) is 1. The Labute approximate surface area is 162 Å². The molecule has 4 rings (SSSR count). The molecule has 2 aromatic carbocycles. The third kappa shape index (κ3) is 2.84. The summed E-state index contributed by atoms with van der Waals surface area (Å²) in [7, 11) is 0. The van der Waals surface area contributed by atoms with Crippen molar-refractivity contribution in [2.45, 2.75) is 19.8 Å². The molecule has 27 heavy (non-hydrogen) atoms. The fourth-order valence-corrected chi connectivity index (χ4v) is 3.47. The third-order valence-electron chi connectivity index (χ3n) is 4.72. The molecule has 1 atom stereocenters. The number of benzene rings is 2. The van der Waals surface area contributed by atoms with E-state index in [9.17, 15) is 5.26 Å². The van der Waals surface area contributed by atoms with Crippen LogP contribution in [0.15, 0.2) is 59.9 Å². The molecule has 3 aromatic rings. The maximum Gasteiger partial charge on any atom is 0.228 e. The van der Waals surface area contributed by atoms with E-state index in [4.69, 9.17) is 22.1 Å². The number of nitrogens with zero attached hydrogens (tertiary/aromatic N) is 3. The molecule has 0 spiro atoms. The van der Waals surface area contributed by atoms with Crippen molar-refractivity contribution in [2.24, 2.45) is 0 Å². The summed E-state index contributed by atoms with van der Waals surface area (Å²) < 4.78 is 7.68. The number of anilines is 1. The van der Waals surface area contributed by atoms with Crippen molar-refractivity contribution in [2.75, 3.05) is 5.73 Å². The van der Waals surface area contributed by atoms with Gasteiger partial charge in [0.15, 0.2) is 5.82 Å². The zero-order valence-electron chi connectivity index (χ0n) is 14.9. The second-order valence-corrected chi connectivity index (χ2v) is 6.96. The molecule has 2 heterocycles. The lowest BCUT2D eigenvalue weighted by molar-refractivity contribution is 0.374. The average molecular weight is 377 g/mol. The van der Waals surface area contributed by atoms with Gasteiger partial charge in [-0.2, -0.15) is 9.94 Å². The molecular formula is C21H17ClN4O. The van der Waals surface area contributed by atoms with Crippen LogP contribution in [0.4, 0.5) is 5.82 Å². The van der Waals surface area contributed by atoms with E-state index >= 15 is 0 Å². The van der Waals surface area contributed by atoms with E-state index in [2.05, 4.69) is 11.2 Å². The van der Waals surface area contributed by atoms with Crippen LogP contribution >= 0.6 is 11.6 Å². The third-order valence-corrected chi connectivity index (χ3v) is 4.97. The van der Waals surface area contributed by atoms with E-state index in [-0.39, 0.29) is 5.92 Å². The van der Waals surface area contributed by atoms with Crippen molar-refractivity contribution in [1.82, 2.24) is 9.78 Å². The molecule has 134 valence electrons. The van der Waals surface area contributed by atoms with Gasteiger partial charge in [-0.15, -0.1) is 5.10 Å². The quantitative estimate of drug-likeness (QED) is 0.700. The Balaban J connectivity index is 1.93. The molecule has 0 aliphatic carbocycles. The van der Waals surface area contributed by atoms with Gasteiger partial charge in [0.25, 0.3) is 0 Å². The van der Waals surface area contributed by atoms with Crippen molar-refractivity contribution in [3.63, 3.8) is 0 Å². The van der Waals surface area contributed by atoms with Crippen LogP contribution in [-0.4, -0.2) is 9.78 Å². The molecule has 0 saturated carbocycles. The number of allylic oxidation sites excluding steroid dienone is 2. The van der Waals surface area contributed by atoms with E-state index in [1.165, 1.54) is 0 Å². The van der Waals surface area contributed by atoms with E-state index in [0.29, 0.717) is 33.6 Å². The first-order chi connectivity index (χ1) is 13.0. The molecule has 0 fully saturated rings. The lowest BCUT2D eigenvalue weighted by Gasteiger charge is -2.25. The number of rotatable bonds is 2. The SMILES string of the molecule is CC1=C(C#N)C(c2ccc(Cl)cc2)c2c(N)nn(-c3ccc(C)cc3)c2O1. The van der Waals surface area contributed by atoms with Crippen LogP contribution in [-0.2, 0) is 0 Å². The molecule has 1 unspecified atom stereocenters. The second-order valence-electron chi connectivity index (χ2n) is 6.52. The summed E-state index contributed by atoms with van der Waals surface area (Å²) in [6, 6.07) is 17.6. The highest BCUT2D eigenvalue weighted by atomic mass is 35.5. The molecule has 0 radical (unpaired) electrons. The van der Waals surface area contributed by atoms with Gasteiger partial charge in [-0.3, -0.25) is 0 Å². The number of aryl methyl sites for hydroxylation is 1. The number of halogens is 1. The average Bonchev–Trinajstić information content (AvgIpc) is 2.98. The fourth-order valence-electron chi connectivity index (χ4n) is 3.34. The fraction of sp³-hybridized carbons (Fsp3) is 0.143. The minimum absolute atomic E-state index is 0.339. The number of aromatic nitrogens is 2. The summed E-state index contributed by atoms with van der Waals surface area (Å²) in [6.45, 7) is 3.81. The summed E-state index contributed by atoms with van der Waals surface area (Å²) in [5, 5.41) is 14.9. The molecule has 2 N–H and O–H groups in total. The zero-order valence-corrected chi connectivity index (χ0v) is 15.7. The highest BCUT2D eigenvalue weighted by Gasteiger charge is 2.36. The Morgan fingerprint density at radius 2 is 1.78 bits per heavy atom. The lowest BCUT2D eigenvalue weighted by atomic mass is 9.84. The normalized spacial score (nSPS) is 15.9. The van der Waals surface area contributed by atoms with Crippen molar-refractivity contribution in [1.29, 1.82) is 5.26 Å². The standard InChI is InChI=1S/C21H17ClN4O/c1-12-3-9-16(10-4-12)26-21-19(20(24)25-26)18(17(11-23)13(2)27-21)14-5-7-15(22)8-6-14/h3-10,18H,1-2H3,(H2,24,25). The van der Waals surface area contributed by atoms with Crippen LogP contribution in [0.2, 0.25) is 5.02 Å². The Hall–Kier alpha value is -3.23. The van der Waals surface area contributed by atoms with Gasteiger partial charge in [0.05, 0.1) is 28.8 Å². The molecule has 5 nitrogen and oxygen atoms in total. The van der Waals surface area contributed by atoms with Crippen molar-refractivity contribution >= 4 is 17.4 Å². The number of ether oxygens (including phenoxy) is 1. The largest absolute Gasteiger partial charge is 0.442 e. The van der Waals surface area contributed by atoms with Gasteiger partial charge in [0.1, 0.15) is 5.76 Å². The number of nitrogens with two attached hydrogens (primary N) is 1. The first-order valence-electron chi connectivity index (χ1n) is 8.49. The Morgan fingerprint density at radius 1 is 1.11 bits per heavy atom. The first kappa shape index (κ1) is 17.2. The maximum atomic E-state index is 9.74. The maximum absolute atomic E-state index is 9.74. The molecular weight excluding hydrogens is 360 g/mol. The Kier molecular flexibility index (Phi) is 4.14. The van der Waals surface area contributed by atoms with Crippen LogP contribution in [0.1, 0.15) is 29.5 Å². The predicted octanol–water partition coefficient (Wildman–Crippen LogP) is 4.74. The first-order valence-corrected chi connectivity index (χ1v) is 8.87. The smallest absolute Gasteiger partial charge is 0.228 e. The van der Waals surface area contributed by atoms with Crippen LogP contribution in [0.5, 0.6) is 5.88 Å². The second kappa shape index (κ2) is 6.49. The molecule has 0 amide bonds. The van der Waals surface area contributed by atoms with Gasteiger partial charge in [0, 0.05) is 5.02 Å². The number of hydrogen-bond acceptors (Lipinski definition) is 4. The molecule has 1 aliphatic rings. The minimum atomic E-state index is -0.352. The highest BCUT2D eigenvalue weighted by Crippen LogP contribution is 2.46. The summed E-state index contributed by atoms with van der Waals surface area (Å²) in [6.07, 6.45) is 0. The summed E-state index contributed by atoms with van der Waals surface area (Å²) in [4.78, 5) is 0. The zero-order chi connectivity index (χ0) is 19.1. The highest BCUT2D eigenvalue weighted by molar-refractivity contribution is 6.30. The minimum Gasteiger partial charge on any atom is -0.442 e. The van der Waals surface area contributed by atoms with E-state index in [1.807, 2.05) is 43.3 Å². The molecule has 0 saturated heterocycles. The van der Waals surface area contributed by atoms with Crippen LogP contribution in [0, 0.1) is 18.3 Å². The lowest BCUT2D eigenvalue weighted by Crippen LogP contribution is -2.16. The molecule has 1 aromatic heterocycles. The van der Waals surface area contributed by atoms with Gasteiger partial charge in [0.2, 0.25) is 5.88 Å². The van der Waals surface area contributed by atoms with Gasteiger partial charge < -0.3 is 10.5 Å². The van der Waals surface area contributed by atoms with E-state index < -0.39 is 0 Å². The predicted molar refractivity (Wildman–Crippen MR) is 105 cm³/mol. The topological polar surface area (TPSA) is 76.9 Å². The molecule has 1 aliphatic heterocycles. The van der Waals surface area contributed by atoms with Crippen LogP contribution in [0.3, 0.4) is 0 Å². The Bertz CT molecular complexity index is 1090. The summed E-state index contributed by atoms with van der Waals surface area (Å²) in [5.41, 5.74) is 10.4. The number of fused-ring (bicyclic) bond motifs is 1. The van der Waals surface area contributed by atoms with Gasteiger partial charge in [-0.1, -0.05) is 41.4 Å². The van der Waals surface area contributed by atoms with E-state index in [1.54, 1.807) is 23.7 Å². The number of nitrogen functional groups attached to an aromatic ring is 1.